The van der Waals surface area contributed by atoms with Crippen molar-refractivity contribution in [2.45, 2.75) is 20.0 Å². The van der Waals surface area contributed by atoms with Crippen LogP contribution in [0.15, 0.2) is 24.3 Å². The van der Waals surface area contributed by atoms with Crippen molar-refractivity contribution in [1.82, 2.24) is 0 Å². The summed E-state index contributed by atoms with van der Waals surface area (Å²) in [5.41, 5.74) is 5.90. The molecular weight excluding hydrogens is 206 g/mol. The lowest BCUT2D eigenvalue weighted by Crippen LogP contribution is -2.25. The van der Waals surface area contributed by atoms with Gasteiger partial charge in [-0.15, -0.1) is 0 Å². The van der Waals surface area contributed by atoms with E-state index in [1.165, 1.54) is 0 Å². The molecule has 0 saturated heterocycles. The molecule has 16 heavy (non-hydrogen) atoms. The summed E-state index contributed by atoms with van der Waals surface area (Å²) in [5.74, 6) is -0.0756. The first-order chi connectivity index (χ1) is 7.50. The van der Waals surface area contributed by atoms with Gasteiger partial charge in [-0.1, -0.05) is 19.1 Å². The van der Waals surface area contributed by atoms with Gasteiger partial charge in [0.2, 0.25) is 5.91 Å². The number of primary amides is 1. The van der Waals surface area contributed by atoms with Crippen LogP contribution in [0.4, 0.5) is 0 Å². The smallest absolute Gasteiger partial charge is 0.223 e. The summed E-state index contributed by atoms with van der Waals surface area (Å²) in [4.78, 5) is 10.8. The SMILES string of the molecule is CC(COc1cccc(C(C)O)c1)C(N)=O. The minimum atomic E-state index is -0.530. The number of hydrogen-bond donors (Lipinski definition) is 2. The Morgan fingerprint density at radius 2 is 2.19 bits per heavy atom. The Morgan fingerprint density at radius 1 is 1.50 bits per heavy atom. The number of hydrogen-bond acceptors (Lipinski definition) is 3. The summed E-state index contributed by atoms with van der Waals surface area (Å²) in [6.45, 7) is 3.64. The van der Waals surface area contributed by atoms with Crippen molar-refractivity contribution in [3.05, 3.63) is 29.8 Å². The second kappa shape index (κ2) is 5.51. The number of amides is 1. The molecule has 0 spiro atoms. The quantitative estimate of drug-likeness (QED) is 0.788. The van der Waals surface area contributed by atoms with Crippen LogP contribution in [0.1, 0.15) is 25.5 Å². The molecule has 0 saturated carbocycles. The molecule has 4 heteroatoms. The van der Waals surface area contributed by atoms with Crippen molar-refractivity contribution >= 4 is 5.91 Å². The normalized spacial score (nSPS) is 14.2. The van der Waals surface area contributed by atoms with Crippen molar-refractivity contribution in [3.63, 3.8) is 0 Å². The average Bonchev–Trinajstić information content (AvgIpc) is 2.26. The molecule has 2 atom stereocenters. The summed E-state index contributed by atoms with van der Waals surface area (Å²) in [7, 11) is 0. The summed E-state index contributed by atoms with van der Waals surface area (Å²) in [5, 5.41) is 9.38. The van der Waals surface area contributed by atoms with Crippen LogP contribution in [-0.2, 0) is 4.79 Å². The topological polar surface area (TPSA) is 72.6 Å². The Labute approximate surface area is 95.0 Å². The summed E-state index contributed by atoms with van der Waals surface area (Å²) < 4.78 is 5.41. The molecule has 0 radical (unpaired) electrons. The van der Waals surface area contributed by atoms with Crippen LogP contribution in [0.25, 0.3) is 0 Å². The molecule has 0 aliphatic carbocycles. The number of aliphatic hydroxyl groups is 1. The van der Waals surface area contributed by atoms with Crippen LogP contribution in [0.3, 0.4) is 0 Å². The van der Waals surface area contributed by atoms with Gasteiger partial charge in [0.1, 0.15) is 5.75 Å². The Morgan fingerprint density at radius 3 is 2.75 bits per heavy atom. The maximum atomic E-state index is 10.8. The van der Waals surface area contributed by atoms with Crippen molar-refractivity contribution in [1.29, 1.82) is 0 Å². The summed E-state index contributed by atoms with van der Waals surface area (Å²) >= 11 is 0. The standard InChI is InChI=1S/C12H17NO3/c1-8(12(13)15)7-16-11-5-3-4-10(6-11)9(2)14/h3-6,8-9,14H,7H2,1-2H3,(H2,13,15). The Balaban J connectivity index is 2.60. The zero-order valence-electron chi connectivity index (χ0n) is 9.51. The third kappa shape index (κ3) is 3.55. The number of carbonyl (C=O) groups is 1. The second-order valence-electron chi connectivity index (χ2n) is 3.86. The highest BCUT2D eigenvalue weighted by molar-refractivity contribution is 5.76. The number of rotatable bonds is 5. The van der Waals surface area contributed by atoms with Crippen LogP contribution < -0.4 is 10.5 Å². The van der Waals surface area contributed by atoms with Crippen molar-refractivity contribution < 1.29 is 14.6 Å². The Hall–Kier alpha value is -1.55. The molecule has 1 aromatic rings. The molecule has 0 aliphatic heterocycles. The molecule has 0 bridgehead atoms. The fourth-order valence-electron chi connectivity index (χ4n) is 1.17. The van der Waals surface area contributed by atoms with Crippen LogP contribution >= 0.6 is 0 Å². The third-order valence-electron chi connectivity index (χ3n) is 2.33. The van der Waals surface area contributed by atoms with Crippen LogP contribution in [-0.4, -0.2) is 17.6 Å². The largest absolute Gasteiger partial charge is 0.493 e. The fraction of sp³-hybridized carbons (Fsp3) is 0.417. The van der Waals surface area contributed by atoms with Crippen molar-refractivity contribution in [2.75, 3.05) is 6.61 Å². The van der Waals surface area contributed by atoms with E-state index in [1.54, 1.807) is 32.0 Å². The first-order valence-electron chi connectivity index (χ1n) is 5.21. The lowest BCUT2D eigenvalue weighted by atomic mass is 10.1. The van der Waals surface area contributed by atoms with Gasteiger partial charge in [-0.05, 0) is 24.6 Å². The lowest BCUT2D eigenvalue weighted by molar-refractivity contribution is -0.122. The summed E-state index contributed by atoms with van der Waals surface area (Å²) in [6.07, 6.45) is -0.530. The number of aliphatic hydroxyl groups excluding tert-OH is 1. The predicted molar refractivity (Wildman–Crippen MR) is 60.9 cm³/mol. The van der Waals surface area contributed by atoms with Gasteiger partial charge in [0.05, 0.1) is 18.6 Å². The zero-order valence-corrected chi connectivity index (χ0v) is 9.51. The number of carbonyl (C=O) groups excluding carboxylic acids is 1. The van der Waals surface area contributed by atoms with E-state index in [9.17, 15) is 9.90 Å². The minimum Gasteiger partial charge on any atom is -0.493 e. The van der Waals surface area contributed by atoms with E-state index in [2.05, 4.69) is 0 Å². The molecule has 0 fully saturated rings. The van der Waals surface area contributed by atoms with E-state index >= 15 is 0 Å². The highest BCUT2D eigenvalue weighted by Gasteiger charge is 2.09. The Bertz CT molecular complexity index is 363. The van der Waals surface area contributed by atoms with Crippen molar-refractivity contribution in [2.24, 2.45) is 11.7 Å². The molecule has 0 aromatic heterocycles. The monoisotopic (exact) mass is 223 g/mol. The van der Waals surface area contributed by atoms with Gasteiger partial charge in [-0.25, -0.2) is 0 Å². The highest BCUT2D eigenvalue weighted by Crippen LogP contribution is 2.19. The molecule has 3 N–H and O–H groups in total. The average molecular weight is 223 g/mol. The van der Waals surface area contributed by atoms with Gasteiger partial charge in [-0.3, -0.25) is 4.79 Å². The van der Waals surface area contributed by atoms with Crippen molar-refractivity contribution in [3.8, 4) is 5.75 Å². The molecule has 0 heterocycles. The van der Waals surface area contributed by atoms with E-state index in [-0.39, 0.29) is 18.4 Å². The van der Waals surface area contributed by atoms with Gasteiger partial charge < -0.3 is 15.6 Å². The van der Waals surface area contributed by atoms with Crippen LogP contribution in [0.2, 0.25) is 0 Å². The van der Waals surface area contributed by atoms with Gasteiger partial charge in [0.25, 0.3) is 0 Å². The van der Waals surface area contributed by atoms with E-state index in [0.29, 0.717) is 5.75 Å². The van der Waals surface area contributed by atoms with E-state index in [4.69, 9.17) is 10.5 Å². The number of benzene rings is 1. The molecule has 1 rings (SSSR count). The minimum absolute atomic E-state index is 0.249. The molecule has 88 valence electrons. The maximum absolute atomic E-state index is 10.8. The third-order valence-corrected chi connectivity index (χ3v) is 2.33. The maximum Gasteiger partial charge on any atom is 0.223 e. The van der Waals surface area contributed by atoms with Gasteiger partial charge in [0, 0.05) is 0 Å². The van der Waals surface area contributed by atoms with E-state index in [1.807, 2.05) is 6.07 Å². The van der Waals surface area contributed by atoms with E-state index < -0.39 is 6.10 Å². The number of nitrogens with two attached hydrogens (primary N) is 1. The molecule has 0 aliphatic rings. The fourth-order valence-corrected chi connectivity index (χ4v) is 1.17. The van der Waals surface area contributed by atoms with Gasteiger partial charge >= 0.3 is 0 Å². The first-order valence-corrected chi connectivity index (χ1v) is 5.21. The number of ether oxygens (including phenoxy) is 1. The zero-order chi connectivity index (χ0) is 12.1. The second-order valence-corrected chi connectivity index (χ2v) is 3.86. The molecule has 2 unspecified atom stereocenters. The van der Waals surface area contributed by atoms with Gasteiger partial charge in [-0.2, -0.15) is 0 Å². The molecular formula is C12H17NO3. The Kier molecular flexibility index (Phi) is 4.31. The predicted octanol–water partition coefficient (Wildman–Crippen LogP) is 1.24. The molecule has 1 aromatic carbocycles. The summed E-state index contributed by atoms with van der Waals surface area (Å²) in [6, 6.07) is 7.14. The van der Waals surface area contributed by atoms with Gasteiger partial charge in [0.15, 0.2) is 0 Å². The van der Waals surface area contributed by atoms with Crippen LogP contribution in [0.5, 0.6) is 5.75 Å². The highest BCUT2D eigenvalue weighted by atomic mass is 16.5. The lowest BCUT2D eigenvalue weighted by Gasteiger charge is -2.11. The first kappa shape index (κ1) is 12.5. The molecule has 1 amide bonds. The van der Waals surface area contributed by atoms with Crippen LogP contribution in [0, 0.1) is 5.92 Å². The molecule has 4 nitrogen and oxygen atoms in total. The van der Waals surface area contributed by atoms with E-state index in [0.717, 1.165) is 5.56 Å².